The number of amides is 2. The Morgan fingerprint density at radius 1 is 1.09 bits per heavy atom. The molecule has 1 aliphatic heterocycles. The summed E-state index contributed by atoms with van der Waals surface area (Å²) in [5.74, 6) is -1.07. The van der Waals surface area contributed by atoms with Crippen LogP contribution < -0.4 is 10.9 Å². The summed E-state index contributed by atoms with van der Waals surface area (Å²) >= 11 is 13.2. The van der Waals surface area contributed by atoms with E-state index in [9.17, 15) is 18.0 Å². The highest BCUT2D eigenvalue weighted by atomic mass is 35.5. The minimum absolute atomic E-state index is 0.0307. The zero-order valence-electron chi connectivity index (χ0n) is 18.5. The standard InChI is InChI=1S/C22H21Cl2N5O4S2/c1-13-2-3-16(11-17(13)23)35(32,33)29-8-5-14(6-9-29)22-26-18(12-34-22)21(31)28-27-20(30)15-4-7-25-19(24)10-15/h2-4,7,10-12,14H,5-6,8-9H2,1H3,(H,27,30)(H,28,31). The second-order valence-electron chi connectivity index (χ2n) is 7.94. The average molecular weight is 554 g/mol. The first kappa shape index (κ1) is 25.5. The number of benzene rings is 1. The van der Waals surface area contributed by atoms with E-state index in [0.29, 0.717) is 31.0 Å². The van der Waals surface area contributed by atoms with Crippen molar-refractivity contribution in [1.82, 2.24) is 25.1 Å². The second kappa shape index (κ2) is 10.6. The van der Waals surface area contributed by atoms with Gasteiger partial charge in [-0.2, -0.15) is 4.31 Å². The molecule has 0 unspecified atom stereocenters. The van der Waals surface area contributed by atoms with E-state index in [-0.39, 0.29) is 27.2 Å². The quantitative estimate of drug-likeness (QED) is 0.366. The van der Waals surface area contributed by atoms with Gasteiger partial charge in [0.2, 0.25) is 10.0 Å². The van der Waals surface area contributed by atoms with Crippen molar-refractivity contribution >= 4 is 56.4 Å². The van der Waals surface area contributed by atoms with E-state index in [1.165, 1.54) is 40.0 Å². The zero-order valence-corrected chi connectivity index (χ0v) is 21.6. The Labute approximate surface area is 216 Å². The van der Waals surface area contributed by atoms with Crippen LogP contribution in [0.4, 0.5) is 0 Å². The highest BCUT2D eigenvalue weighted by Gasteiger charge is 2.31. The lowest BCUT2D eigenvalue weighted by molar-refractivity contribution is 0.0844. The zero-order chi connectivity index (χ0) is 25.2. The number of hydrazine groups is 1. The molecule has 184 valence electrons. The number of carbonyl (C=O) groups excluding carboxylic acids is 2. The number of nitrogens with zero attached hydrogens (tertiary/aromatic N) is 3. The summed E-state index contributed by atoms with van der Waals surface area (Å²) in [6.45, 7) is 2.49. The molecule has 3 aromatic rings. The van der Waals surface area contributed by atoms with Crippen LogP contribution in [0.2, 0.25) is 10.2 Å². The van der Waals surface area contributed by atoms with Crippen LogP contribution in [0.15, 0.2) is 46.8 Å². The summed E-state index contributed by atoms with van der Waals surface area (Å²) in [5, 5.41) is 2.93. The minimum atomic E-state index is -3.64. The Balaban J connectivity index is 1.33. The molecule has 2 aromatic heterocycles. The predicted octanol–water partition coefficient (Wildman–Crippen LogP) is 3.80. The Bertz CT molecular complexity index is 1370. The summed E-state index contributed by atoms with van der Waals surface area (Å²) in [6.07, 6.45) is 2.54. The van der Waals surface area contributed by atoms with Crippen molar-refractivity contribution < 1.29 is 18.0 Å². The molecule has 0 saturated carbocycles. The maximum absolute atomic E-state index is 13.0. The van der Waals surface area contributed by atoms with Crippen LogP contribution in [0.1, 0.15) is 50.2 Å². The van der Waals surface area contributed by atoms with Crippen LogP contribution in [-0.2, 0) is 10.0 Å². The van der Waals surface area contributed by atoms with Crippen molar-refractivity contribution in [3.05, 3.63) is 73.9 Å². The number of halogens is 2. The number of piperidine rings is 1. The maximum atomic E-state index is 13.0. The smallest absolute Gasteiger partial charge is 0.267 e. The minimum Gasteiger partial charge on any atom is -0.267 e. The third-order valence-corrected chi connectivity index (χ3v) is 9.13. The molecule has 0 atom stereocenters. The van der Waals surface area contributed by atoms with Crippen molar-refractivity contribution in [3.63, 3.8) is 0 Å². The summed E-state index contributed by atoms with van der Waals surface area (Å²) in [7, 11) is -3.64. The number of nitrogens with one attached hydrogen (secondary N) is 2. The fourth-order valence-corrected chi connectivity index (χ4v) is 6.49. The fraction of sp³-hybridized carbons (Fsp3) is 0.273. The van der Waals surface area contributed by atoms with Gasteiger partial charge < -0.3 is 0 Å². The normalized spacial score (nSPS) is 15.1. The van der Waals surface area contributed by atoms with Gasteiger partial charge in [0.05, 0.1) is 9.90 Å². The molecule has 0 radical (unpaired) electrons. The van der Waals surface area contributed by atoms with E-state index in [0.717, 1.165) is 10.6 Å². The molecule has 35 heavy (non-hydrogen) atoms. The molecule has 1 saturated heterocycles. The molecule has 0 aliphatic carbocycles. The molecule has 9 nitrogen and oxygen atoms in total. The third-order valence-electron chi connectivity index (χ3n) is 5.62. The van der Waals surface area contributed by atoms with E-state index in [2.05, 4.69) is 20.8 Å². The highest BCUT2D eigenvalue weighted by molar-refractivity contribution is 7.89. The van der Waals surface area contributed by atoms with Crippen LogP contribution in [0, 0.1) is 6.92 Å². The van der Waals surface area contributed by atoms with Crippen molar-refractivity contribution in [1.29, 1.82) is 0 Å². The van der Waals surface area contributed by atoms with Crippen LogP contribution in [-0.4, -0.2) is 47.6 Å². The Hall–Kier alpha value is -2.57. The van der Waals surface area contributed by atoms with E-state index in [1.807, 2.05) is 6.92 Å². The first-order valence-corrected chi connectivity index (χ1v) is 13.7. The Kier molecular flexibility index (Phi) is 7.72. The molecule has 1 aromatic carbocycles. The predicted molar refractivity (Wildman–Crippen MR) is 133 cm³/mol. The van der Waals surface area contributed by atoms with E-state index in [1.54, 1.807) is 17.5 Å². The van der Waals surface area contributed by atoms with E-state index >= 15 is 0 Å². The maximum Gasteiger partial charge on any atom is 0.289 e. The molecule has 1 aliphatic rings. The second-order valence-corrected chi connectivity index (χ2v) is 11.6. The lowest BCUT2D eigenvalue weighted by Gasteiger charge is -2.30. The molecule has 2 amide bonds. The monoisotopic (exact) mass is 553 g/mol. The molecule has 0 spiro atoms. The number of hydrogen-bond donors (Lipinski definition) is 2. The number of rotatable bonds is 5. The van der Waals surface area contributed by atoms with Gasteiger partial charge in [-0.1, -0.05) is 29.3 Å². The number of aryl methyl sites for hydroxylation is 1. The summed E-state index contributed by atoms with van der Waals surface area (Å²) in [4.78, 5) is 32.9. The van der Waals surface area contributed by atoms with Gasteiger partial charge in [-0.05, 0) is 49.6 Å². The number of pyridine rings is 1. The third kappa shape index (κ3) is 5.81. The van der Waals surface area contributed by atoms with Crippen molar-refractivity contribution in [2.24, 2.45) is 0 Å². The first-order valence-electron chi connectivity index (χ1n) is 10.6. The van der Waals surface area contributed by atoms with Gasteiger partial charge >= 0.3 is 0 Å². The van der Waals surface area contributed by atoms with Crippen molar-refractivity contribution in [2.45, 2.75) is 30.6 Å². The van der Waals surface area contributed by atoms with Crippen molar-refractivity contribution in [2.75, 3.05) is 13.1 Å². The Morgan fingerprint density at radius 3 is 2.49 bits per heavy atom. The number of carbonyl (C=O) groups is 2. The average Bonchev–Trinajstić information content (AvgIpc) is 3.34. The topological polar surface area (TPSA) is 121 Å². The fourth-order valence-electron chi connectivity index (χ4n) is 3.60. The van der Waals surface area contributed by atoms with Gasteiger partial charge in [0, 0.05) is 41.2 Å². The summed E-state index contributed by atoms with van der Waals surface area (Å²) in [5.41, 5.74) is 5.88. The highest BCUT2D eigenvalue weighted by Crippen LogP contribution is 2.33. The van der Waals surface area contributed by atoms with Crippen molar-refractivity contribution in [3.8, 4) is 0 Å². The van der Waals surface area contributed by atoms with E-state index in [4.69, 9.17) is 23.2 Å². The largest absolute Gasteiger partial charge is 0.289 e. The van der Waals surface area contributed by atoms with E-state index < -0.39 is 21.8 Å². The molecule has 1 fully saturated rings. The lowest BCUT2D eigenvalue weighted by atomic mass is 9.99. The SMILES string of the molecule is Cc1ccc(S(=O)(=O)N2CCC(c3nc(C(=O)NNC(=O)c4ccnc(Cl)c4)cs3)CC2)cc1Cl. The molecular weight excluding hydrogens is 533 g/mol. The van der Waals surface area contributed by atoms with Gasteiger partial charge in [0.1, 0.15) is 10.8 Å². The number of sulfonamides is 1. The van der Waals surface area contributed by atoms with Crippen LogP contribution in [0.25, 0.3) is 0 Å². The van der Waals surface area contributed by atoms with Gasteiger partial charge in [-0.3, -0.25) is 20.4 Å². The Morgan fingerprint density at radius 2 is 1.80 bits per heavy atom. The van der Waals surface area contributed by atoms with Crippen LogP contribution in [0.3, 0.4) is 0 Å². The van der Waals surface area contributed by atoms with Crippen LogP contribution >= 0.6 is 34.5 Å². The molecule has 0 bridgehead atoms. The molecule has 4 rings (SSSR count). The molecule has 13 heteroatoms. The van der Waals surface area contributed by atoms with Gasteiger partial charge in [0.15, 0.2) is 0 Å². The molecule has 2 N–H and O–H groups in total. The lowest BCUT2D eigenvalue weighted by Crippen LogP contribution is -2.41. The number of thiazole rings is 1. The summed E-state index contributed by atoms with van der Waals surface area (Å²) in [6, 6.07) is 7.58. The first-order chi connectivity index (χ1) is 16.6. The van der Waals surface area contributed by atoms with Gasteiger partial charge in [-0.15, -0.1) is 11.3 Å². The molecular formula is C22H21Cl2N5O4S2. The number of aromatic nitrogens is 2. The van der Waals surface area contributed by atoms with Gasteiger partial charge in [0.25, 0.3) is 11.8 Å². The summed E-state index contributed by atoms with van der Waals surface area (Å²) < 4.78 is 27.4. The van der Waals surface area contributed by atoms with Gasteiger partial charge in [-0.25, -0.2) is 18.4 Å². The number of hydrogen-bond acceptors (Lipinski definition) is 7. The van der Waals surface area contributed by atoms with Crippen LogP contribution in [0.5, 0.6) is 0 Å². The molecule has 3 heterocycles.